The van der Waals surface area contributed by atoms with Crippen LogP contribution in [0.4, 0.5) is 5.82 Å². The summed E-state index contributed by atoms with van der Waals surface area (Å²) in [6.45, 7) is 5.36. The Balaban J connectivity index is 2.11. The Morgan fingerprint density at radius 3 is 2.79 bits per heavy atom. The van der Waals surface area contributed by atoms with Gasteiger partial charge in [-0.25, -0.2) is 4.98 Å². The van der Waals surface area contributed by atoms with Crippen LogP contribution in [0, 0.1) is 0 Å². The van der Waals surface area contributed by atoms with Gasteiger partial charge in [-0.1, -0.05) is 41.7 Å². The van der Waals surface area contributed by atoms with Crippen molar-refractivity contribution < 1.29 is 0 Å². The second kappa shape index (κ2) is 6.49. The molecule has 0 radical (unpaired) electrons. The van der Waals surface area contributed by atoms with E-state index >= 15 is 0 Å². The lowest BCUT2D eigenvalue weighted by Crippen LogP contribution is -2.39. The number of anilines is 1. The van der Waals surface area contributed by atoms with Gasteiger partial charge in [0, 0.05) is 19.6 Å². The van der Waals surface area contributed by atoms with Gasteiger partial charge < -0.3 is 4.90 Å². The minimum atomic E-state index is 0.298. The third-order valence-electron chi connectivity index (χ3n) is 3.62. The maximum Gasteiger partial charge on any atom is 0.150 e. The molecule has 2 heterocycles. The van der Waals surface area contributed by atoms with Crippen LogP contribution < -0.4 is 4.90 Å². The Hall–Kier alpha value is -0.220. The Kier molecular flexibility index (Phi) is 5.18. The highest BCUT2D eigenvalue weighted by molar-refractivity contribution is 6.42. The highest BCUT2D eigenvalue weighted by Gasteiger charge is 2.25. The molecule has 0 saturated carbocycles. The van der Waals surface area contributed by atoms with Gasteiger partial charge in [0.25, 0.3) is 0 Å². The zero-order valence-corrected chi connectivity index (χ0v) is 13.4. The number of likely N-dealkylation sites (N-methyl/N-ethyl adjacent to an activating group) is 2. The van der Waals surface area contributed by atoms with E-state index in [1.54, 1.807) is 6.07 Å². The number of rotatable bonds is 4. The normalized spacial score (nSPS) is 19.9. The topological polar surface area (TPSA) is 19.4 Å². The first kappa shape index (κ1) is 15.2. The summed E-state index contributed by atoms with van der Waals surface area (Å²) in [4.78, 5) is 8.82. The summed E-state index contributed by atoms with van der Waals surface area (Å²) in [7, 11) is 1.99. The van der Waals surface area contributed by atoms with Crippen molar-refractivity contribution in [3.05, 3.63) is 21.3 Å². The van der Waals surface area contributed by atoms with Gasteiger partial charge in [-0.3, -0.25) is 4.90 Å². The zero-order valence-electron chi connectivity index (χ0n) is 11.2. The first-order chi connectivity index (χ1) is 9.02. The molecule has 2 rings (SSSR count). The average Bonchev–Trinajstić information content (AvgIpc) is 2.80. The molecule has 0 bridgehead atoms. The zero-order chi connectivity index (χ0) is 14.0. The molecule has 0 aliphatic carbocycles. The molecule has 1 fully saturated rings. The summed E-state index contributed by atoms with van der Waals surface area (Å²) in [6.07, 6.45) is 2.48. The van der Waals surface area contributed by atoms with E-state index in [-0.39, 0.29) is 0 Å². The Bertz CT molecular complexity index is 453. The Morgan fingerprint density at radius 2 is 2.11 bits per heavy atom. The fourth-order valence-electron chi connectivity index (χ4n) is 2.62. The number of halogens is 3. The minimum absolute atomic E-state index is 0.298. The maximum atomic E-state index is 6.19. The fourth-order valence-corrected chi connectivity index (χ4v) is 3.26. The molecule has 3 nitrogen and oxygen atoms in total. The van der Waals surface area contributed by atoms with E-state index in [2.05, 4.69) is 21.7 Å². The van der Waals surface area contributed by atoms with Gasteiger partial charge in [0.15, 0.2) is 0 Å². The standard InChI is InChI=1S/C13H18Cl3N3/c1-3-19-6-4-5-9(19)8-18(2)13-11(15)7-10(14)12(16)17-13/h7,9H,3-6,8H2,1-2H3. The number of pyridine rings is 1. The highest BCUT2D eigenvalue weighted by Crippen LogP contribution is 2.31. The SMILES string of the molecule is CCN1CCCC1CN(C)c1nc(Cl)c(Cl)cc1Cl. The van der Waals surface area contributed by atoms with Gasteiger partial charge in [-0.15, -0.1) is 0 Å². The largest absolute Gasteiger partial charge is 0.357 e. The van der Waals surface area contributed by atoms with Gasteiger partial charge in [-0.2, -0.15) is 0 Å². The van der Waals surface area contributed by atoms with Gasteiger partial charge in [0.05, 0.1) is 10.0 Å². The third kappa shape index (κ3) is 3.46. The molecular formula is C13H18Cl3N3. The molecule has 1 atom stereocenters. The lowest BCUT2D eigenvalue weighted by atomic mass is 10.2. The van der Waals surface area contributed by atoms with E-state index in [1.807, 2.05) is 7.05 Å². The molecule has 1 unspecified atom stereocenters. The molecule has 1 aromatic rings. The number of aromatic nitrogens is 1. The van der Waals surface area contributed by atoms with Crippen LogP contribution in [-0.2, 0) is 0 Å². The van der Waals surface area contributed by atoms with Gasteiger partial charge in [0.2, 0.25) is 0 Å². The predicted molar refractivity (Wildman–Crippen MR) is 82.8 cm³/mol. The lowest BCUT2D eigenvalue weighted by molar-refractivity contribution is 0.270. The molecule has 0 spiro atoms. The second-order valence-electron chi connectivity index (χ2n) is 4.87. The smallest absolute Gasteiger partial charge is 0.150 e. The van der Waals surface area contributed by atoms with Crippen LogP contribution in [-0.4, -0.2) is 42.6 Å². The summed E-state index contributed by atoms with van der Waals surface area (Å²) in [5.41, 5.74) is 0. The van der Waals surface area contributed by atoms with Crippen LogP contribution in [0.2, 0.25) is 15.2 Å². The maximum absolute atomic E-state index is 6.19. The van der Waals surface area contributed by atoms with E-state index in [1.165, 1.54) is 19.4 Å². The predicted octanol–water partition coefficient (Wildman–Crippen LogP) is 3.96. The van der Waals surface area contributed by atoms with Crippen LogP contribution in [0.25, 0.3) is 0 Å². The fraction of sp³-hybridized carbons (Fsp3) is 0.615. The number of nitrogens with zero attached hydrogens (tertiary/aromatic N) is 3. The Morgan fingerprint density at radius 1 is 1.37 bits per heavy atom. The molecule has 6 heteroatoms. The van der Waals surface area contributed by atoms with Crippen molar-refractivity contribution in [2.75, 3.05) is 31.6 Å². The molecule has 1 aromatic heterocycles. The molecule has 0 aromatic carbocycles. The van der Waals surface area contributed by atoms with E-state index in [9.17, 15) is 0 Å². The summed E-state index contributed by atoms with van der Waals surface area (Å²) >= 11 is 18.1. The number of hydrogen-bond acceptors (Lipinski definition) is 3. The average molecular weight is 323 g/mol. The first-order valence-corrected chi connectivity index (χ1v) is 7.63. The van der Waals surface area contributed by atoms with Crippen molar-refractivity contribution in [2.24, 2.45) is 0 Å². The van der Waals surface area contributed by atoms with Crippen LogP contribution in [0.1, 0.15) is 19.8 Å². The minimum Gasteiger partial charge on any atom is -0.357 e. The van der Waals surface area contributed by atoms with Gasteiger partial charge in [-0.05, 0) is 32.0 Å². The molecule has 0 N–H and O–H groups in total. The van der Waals surface area contributed by atoms with Crippen molar-refractivity contribution in [1.29, 1.82) is 0 Å². The van der Waals surface area contributed by atoms with Crippen LogP contribution in [0.3, 0.4) is 0 Å². The molecule has 106 valence electrons. The third-order valence-corrected chi connectivity index (χ3v) is 4.57. The van der Waals surface area contributed by atoms with E-state index in [0.29, 0.717) is 27.1 Å². The molecule has 1 aliphatic rings. The molecular weight excluding hydrogens is 305 g/mol. The van der Waals surface area contributed by atoms with Crippen LogP contribution in [0.5, 0.6) is 0 Å². The highest BCUT2D eigenvalue weighted by atomic mass is 35.5. The van der Waals surface area contributed by atoms with E-state index < -0.39 is 0 Å². The Labute approximate surface area is 129 Å². The van der Waals surface area contributed by atoms with E-state index in [4.69, 9.17) is 34.8 Å². The van der Waals surface area contributed by atoms with Crippen molar-refractivity contribution in [2.45, 2.75) is 25.8 Å². The molecule has 1 aliphatic heterocycles. The first-order valence-electron chi connectivity index (χ1n) is 6.49. The van der Waals surface area contributed by atoms with Crippen LogP contribution in [0.15, 0.2) is 6.07 Å². The summed E-state index contributed by atoms with van der Waals surface area (Å²) in [5.74, 6) is 0.694. The van der Waals surface area contributed by atoms with Crippen molar-refractivity contribution in [3.8, 4) is 0 Å². The van der Waals surface area contributed by atoms with Gasteiger partial charge in [0.1, 0.15) is 11.0 Å². The molecule has 1 saturated heterocycles. The second-order valence-corrected chi connectivity index (χ2v) is 6.04. The molecule has 0 amide bonds. The van der Waals surface area contributed by atoms with Crippen molar-refractivity contribution >= 4 is 40.6 Å². The number of hydrogen-bond donors (Lipinski definition) is 0. The van der Waals surface area contributed by atoms with Crippen LogP contribution >= 0.6 is 34.8 Å². The quantitative estimate of drug-likeness (QED) is 0.782. The molecule has 19 heavy (non-hydrogen) atoms. The van der Waals surface area contributed by atoms with Gasteiger partial charge >= 0.3 is 0 Å². The summed E-state index contributed by atoms with van der Waals surface area (Å²) in [6, 6.07) is 2.21. The number of likely N-dealkylation sites (tertiary alicyclic amines) is 1. The monoisotopic (exact) mass is 321 g/mol. The lowest BCUT2D eigenvalue weighted by Gasteiger charge is -2.28. The summed E-state index contributed by atoms with van der Waals surface area (Å²) in [5, 5.41) is 1.23. The van der Waals surface area contributed by atoms with E-state index in [0.717, 1.165) is 13.1 Å². The summed E-state index contributed by atoms with van der Waals surface area (Å²) < 4.78 is 0. The van der Waals surface area contributed by atoms with Crippen molar-refractivity contribution in [3.63, 3.8) is 0 Å². The van der Waals surface area contributed by atoms with Crippen molar-refractivity contribution in [1.82, 2.24) is 9.88 Å².